The van der Waals surface area contributed by atoms with Crippen molar-refractivity contribution in [1.82, 2.24) is 0 Å². The molecule has 0 saturated heterocycles. The highest BCUT2D eigenvalue weighted by Crippen LogP contribution is 2.33. The van der Waals surface area contributed by atoms with E-state index < -0.39 is 14.8 Å². The van der Waals surface area contributed by atoms with Crippen LogP contribution < -0.4 is 10.0 Å². The van der Waals surface area contributed by atoms with Crippen molar-refractivity contribution in [3.63, 3.8) is 0 Å². The van der Waals surface area contributed by atoms with Crippen molar-refractivity contribution in [1.29, 1.82) is 0 Å². The first kappa shape index (κ1) is 20.4. The smallest absolute Gasteiger partial charge is 0.255 e. The molecule has 1 amide bonds. The minimum atomic E-state index is -3.51. The lowest BCUT2D eigenvalue weighted by atomic mass is 10.1. The van der Waals surface area contributed by atoms with Crippen LogP contribution in [0.25, 0.3) is 10.1 Å². The van der Waals surface area contributed by atoms with Gasteiger partial charge in [-0.05, 0) is 92.9 Å². The van der Waals surface area contributed by atoms with Crippen LogP contribution in [0.2, 0.25) is 0 Å². The summed E-state index contributed by atoms with van der Waals surface area (Å²) in [6, 6.07) is 10.5. The molecule has 148 valence electrons. The topological polar surface area (TPSA) is 75.3 Å². The predicted octanol–water partition coefficient (Wildman–Crippen LogP) is 5.31. The standard InChI is InChI=1S/C21H24N2O3S2/c1-13-12-18(14(2)19-17(13)10-11-27-19)22-20(24)15-6-8-16(9-7-15)23-28(25,26)21(3,4)5/h6-12,23H,1-5H3,(H,22,24). The van der Waals surface area contributed by atoms with Crippen molar-refractivity contribution in [3.8, 4) is 0 Å². The van der Waals surface area contributed by atoms with Gasteiger partial charge in [0, 0.05) is 21.6 Å². The van der Waals surface area contributed by atoms with Gasteiger partial charge in [0.2, 0.25) is 10.0 Å². The van der Waals surface area contributed by atoms with Crippen LogP contribution in [-0.4, -0.2) is 19.1 Å². The number of rotatable bonds is 4. The number of fused-ring (bicyclic) bond motifs is 1. The number of amides is 1. The Morgan fingerprint density at radius 1 is 1.04 bits per heavy atom. The number of hydrogen-bond acceptors (Lipinski definition) is 4. The predicted molar refractivity (Wildman–Crippen MR) is 118 cm³/mol. The van der Waals surface area contributed by atoms with Gasteiger partial charge in [-0.25, -0.2) is 8.42 Å². The highest BCUT2D eigenvalue weighted by molar-refractivity contribution is 7.94. The molecule has 1 heterocycles. The molecule has 0 aliphatic rings. The van der Waals surface area contributed by atoms with Crippen molar-refractivity contribution >= 4 is 48.7 Å². The number of thiophene rings is 1. The first-order chi connectivity index (χ1) is 13.0. The molecule has 3 rings (SSSR count). The van der Waals surface area contributed by atoms with E-state index in [1.165, 1.54) is 10.1 Å². The molecule has 7 heteroatoms. The Morgan fingerprint density at radius 3 is 2.29 bits per heavy atom. The van der Waals surface area contributed by atoms with Crippen LogP contribution in [0.3, 0.4) is 0 Å². The molecule has 28 heavy (non-hydrogen) atoms. The third kappa shape index (κ3) is 3.91. The number of anilines is 2. The lowest BCUT2D eigenvalue weighted by Gasteiger charge is -2.20. The number of hydrogen-bond donors (Lipinski definition) is 2. The molecular formula is C21H24N2O3S2. The van der Waals surface area contributed by atoms with E-state index in [1.54, 1.807) is 56.4 Å². The summed E-state index contributed by atoms with van der Waals surface area (Å²) in [6.45, 7) is 8.92. The van der Waals surface area contributed by atoms with Gasteiger partial charge in [0.25, 0.3) is 5.91 Å². The molecule has 0 aliphatic carbocycles. The first-order valence-electron chi connectivity index (χ1n) is 8.91. The fraction of sp³-hybridized carbons (Fsp3) is 0.286. The largest absolute Gasteiger partial charge is 0.322 e. The summed E-state index contributed by atoms with van der Waals surface area (Å²) in [5, 5.41) is 6.22. The Morgan fingerprint density at radius 2 is 1.68 bits per heavy atom. The molecule has 0 spiro atoms. The van der Waals surface area contributed by atoms with Crippen LogP contribution in [0.4, 0.5) is 11.4 Å². The number of sulfonamides is 1. The minimum Gasteiger partial charge on any atom is -0.322 e. The maximum absolute atomic E-state index is 12.7. The summed E-state index contributed by atoms with van der Waals surface area (Å²) >= 11 is 1.66. The van der Waals surface area contributed by atoms with Crippen LogP contribution in [0.5, 0.6) is 0 Å². The van der Waals surface area contributed by atoms with Crippen molar-refractivity contribution in [2.75, 3.05) is 10.0 Å². The van der Waals surface area contributed by atoms with Gasteiger partial charge in [-0.15, -0.1) is 11.3 Å². The molecule has 0 saturated carbocycles. The zero-order valence-electron chi connectivity index (χ0n) is 16.6. The Balaban J connectivity index is 1.80. The monoisotopic (exact) mass is 416 g/mol. The third-order valence-corrected chi connectivity index (χ3v) is 7.80. The van der Waals surface area contributed by atoms with Gasteiger partial charge in [0.05, 0.1) is 4.75 Å². The summed E-state index contributed by atoms with van der Waals surface area (Å²) in [4.78, 5) is 12.7. The van der Waals surface area contributed by atoms with Crippen LogP contribution in [0, 0.1) is 13.8 Å². The van der Waals surface area contributed by atoms with E-state index in [2.05, 4.69) is 16.1 Å². The Bertz CT molecular complexity index is 1140. The van der Waals surface area contributed by atoms with E-state index >= 15 is 0 Å². The molecule has 0 bridgehead atoms. The van der Waals surface area contributed by atoms with Gasteiger partial charge in [-0.2, -0.15) is 0 Å². The summed E-state index contributed by atoms with van der Waals surface area (Å²) in [6.07, 6.45) is 0. The minimum absolute atomic E-state index is 0.233. The van der Waals surface area contributed by atoms with Crippen LogP contribution in [-0.2, 0) is 10.0 Å². The van der Waals surface area contributed by atoms with Gasteiger partial charge in [-0.3, -0.25) is 9.52 Å². The zero-order valence-corrected chi connectivity index (χ0v) is 18.2. The second-order valence-corrected chi connectivity index (χ2v) is 11.1. The molecule has 0 atom stereocenters. The average Bonchev–Trinajstić information content (AvgIpc) is 3.09. The molecule has 5 nitrogen and oxygen atoms in total. The second-order valence-electron chi connectivity index (χ2n) is 7.78. The third-order valence-electron chi connectivity index (χ3n) is 4.65. The summed E-state index contributed by atoms with van der Waals surface area (Å²) in [7, 11) is -3.51. The van der Waals surface area contributed by atoms with Crippen molar-refractivity contribution in [3.05, 3.63) is 58.5 Å². The zero-order chi connectivity index (χ0) is 20.7. The van der Waals surface area contributed by atoms with Gasteiger partial charge in [0.15, 0.2) is 0 Å². The number of aryl methyl sites for hydroxylation is 2. The fourth-order valence-corrected chi connectivity index (χ4v) is 4.49. The van der Waals surface area contributed by atoms with Crippen molar-refractivity contribution < 1.29 is 13.2 Å². The lowest BCUT2D eigenvalue weighted by Crippen LogP contribution is -2.33. The summed E-state index contributed by atoms with van der Waals surface area (Å²) in [5.74, 6) is -0.233. The van der Waals surface area contributed by atoms with Gasteiger partial charge in [0.1, 0.15) is 0 Å². The molecule has 1 aromatic heterocycles. The van der Waals surface area contributed by atoms with E-state index in [4.69, 9.17) is 0 Å². The van der Waals surface area contributed by atoms with Gasteiger partial charge < -0.3 is 5.32 Å². The number of nitrogens with one attached hydrogen (secondary N) is 2. The van der Waals surface area contributed by atoms with Crippen LogP contribution in [0.15, 0.2) is 41.8 Å². The van der Waals surface area contributed by atoms with E-state index in [-0.39, 0.29) is 5.91 Å². The summed E-state index contributed by atoms with van der Waals surface area (Å²) in [5.41, 5.74) is 3.83. The van der Waals surface area contributed by atoms with Crippen LogP contribution >= 0.6 is 11.3 Å². The molecular weight excluding hydrogens is 392 g/mol. The highest BCUT2D eigenvalue weighted by atomic mass is 32.2. The van der Waals surface area contributed by atoms with E-state index in [1.807, 2.05) is 25.3 Å². The Kier molecular flexibility index (Phi) is 5.25. The molecule has 0 fully saturated rings. The molecule has 0 unspecified atom stereocenters. The fourth-order valence-electron chi connectivity index (χ4n) is 2.76. The number of carbonyl (C=O) groups is 1. The van der Waals surface area contributed by atoms with Crippen LogP contribution in [0.1, 0.15) is 42.3 Å². The first-order valence-corrected chi connectivity index (χ1v) is 11.3. The molecule has 0 radical (unpaired) electrons. The Hall–Kier alpha value is -2.38. The van der Waals surface area contributed by atoms with E-state index in [0.717, 1.165) is 16.8 Å². The van der Waals surface area contributed by atoms with Crippen molar-refractivity contribution in [2.45, 2.75) is 39.4 Å². The number of benzene rings is 2. The van der Waals surface area contributed by atoms with E-state index in [9.17, 15) is 13.2 Å². The maximum atomic E-state index is 12.7. The highest BCUT2D eigenvalue weighted by Gasteiger charge is 2.28. The molecule has 0 aliphatic heterocycles. The quantitative estimate of drug-likeness (QED) is 0.605. The maximum Gasteiger partial charge on any atom is 0.255 e. The van der Waals surface area contributed by atoms with Gasteiger partial charge in [-0.1, -0.05) is 0 Å². The average molecular weight is 417 g/mol. The van der Waals surface area contributed by atoms with Gasteiger partial charge >= 0.3 is 0 Å². The second kappa shape index (κ2) is 7.22. The molecule has 3 aromatic rings. The SMILES string of the molecule is Cc1cc(NC(=O)c2ccc(NS(=O)(=O)C(C)(C)C)cc2)c(C)c2sccc12. The normalized spacial score (nSPS) is 12.2. The lowest BCUT2D eigenvalue weighted by molar-refractivity contribution is 0.102. The number of carbonyl (C=O) groups excluding carboxylic acids is 1. The van der Waals surface area contributed by atoms with Crippen molar-refractivity contribution in [2.24, 2.45) is 0 Å². The van der Waals surface area contributed by atoms with E-state index in [0.29, 0.717) is 11.3 Å². The Labute approximate surface area is 169 Å². The molecule has 2 aromatic carbocycles. The molecule has 2 N–H and O–H groups in total. The summed E-state index contributed by atoms with van der Waals surface area (Å²) < 4.78 is 27.3.